The first kappa shape index (κ1) is 22.2. The summed E-state index contributed by atoms with van der Waals surface area (Å²) in [6.45, 7) is 6.52. The van der Waals surface area contributed by atoms with Crippen LogP contribution < -0.4 is 10.2 Å². The third-order valence-electron chi connectivity index (χ3n) is 5.44. The normalized spacial score (nSPS) is 17.4. The van der Waals surface area contributed by atoms with Crippen molar-refractivity contribution >= 4 is 29.0 Å². The molecule has 7 heteroatoms. The number of nitrogens with zero attached hydrogens (tertiary/aromatic N) is 2. The third-order valence-corrected chi connectivity index (χ3v) is 6.45. The van der Waals surface area contributed by atoms with E-state index in [2.05, 4.69) is 41.4 Å². The summed E-state index contributed by atoms with van der Waals surface area (Å²) in [4.78, 5) is 25.0. The van der Waals surface area contributed by atoms with E-state index in [1.165, 1.54) is 42.4 Å². The Bertz CT molecular complexity index is 855. The van der Waals surface area contributed by atoms with E-state index in [4.69, 9.17) is 0 Å². The highest BCUT2D eigenvalue weighted by Gasteiger charge is 2.17. The molecule has 1 fully saturated rings. The van der Waals surface area contributed by atoms with Gasteiger partial charge in [0.25, 0.3) is 5.69 Å². The SMILES string of the molecule is C[C@@H]1CCCN(c2ccc([C@H](C)NC(=O)CSCc3ccc([N+](=O)[O-])cc3)cc2)C1. The van der Waals surface area contributed by atoms with Gasteiger partial charge in [-0.05, 0) is 48.9 Å². The van der Waals surface area contributed by atoms with E-state index in [1.807, 2.05) is 6.92 Å². The van der Waals surface area contributed by atoms with Crippen LogP contribution in [0.4, 0.5) is 11.4 Å². The monoisotopic (exact) mass is 427 g/mol. The molecule has 160 valence electrons. The fourth-order valence-electron chi connectivity index (χ4n) is 3.74. The Morgan fingerprint density at radius 1 is 1.23 bits per heavy atom. The molecular formula is C23H29N3O3S. The summed E-state index contributed by atoms with van der Waals surface area (Å²) >= 11 is 1.50. The molecule has 0 unspecified atom stereocenters. The van der Waals surface area contributed by atoms with E-state index >= 15 is 0 Å². The van der Waals surface area contributed by atoms with E-state index in [0.717, 1.165) is 30.1 Å². The molecule has 1 aliphatic heterocycles. The number of thioether (sulfide) groups is 1. The van der Waals surface area contributed by atoms with Crippen molar-refractivity contribution in [2.24, 2.45) is 5.92 Å². The van der Waals surface area contributed by atoms with Crippen molar-refractivity contribution < 1.29 is 9.72 Å². The molecule has 0 saturated carbocycles. The lowest BCUT2D eigenvalue weighted by Gasteiger charge is -2.33. The zero-order valence-electron chi connectivity index (χ0n) is 17.5. The van der Waals surface area contributed by atoms with E-state index < -0.39 is 4.92 Å². The molecule has 1 heterocycles. The van der Waals surface area contributed by atoms with E-state index in [1.54, 1.807) is 12.1 Å². The lowest BCUT2D eigenvalue weighted by Crippen LogP contribution is -2.34. The van der Waals surface area contributed by atoms with Crippen LogP contribution in [0.2, 0.25) is 0 Å². The number of anilines is 1. The van der Waals surface area contributed by atoms with Crippen molar-refractivity contribution in [1.29, 1.82) is 0 Å². The van der Waals surface area contributed by atoms with Crippen LogP contribution >= 0.6 is 11.8 Å². The highest BCUT2D eigenvalue weighted by molar-refractivity contribution is 7.99. The second-order valence-corrected chi connectivity index (χ2v) is 8.98. The minimum Gasteiger partial charge on any atom is -0.371 e. The summed E-state index contributed by atoms with van der Waals surface area (Å²) < 4.78 is 0. The van der Waals surface area contributed by atoms with Crippen molar-refractivity contribution in [2.75, 3.05) is 23.7 Å². The molecule has 1 aliphatic rings. The molecule has 0 spiro atoms. The Labute approximate surface area is 182 Å². The Balaban J connectivity index is 1.44. The predicted molar refractivity (Wildman–Crippen MR) is 123 cm³/mol. The summed E-state index contributed by atoms with van der Waals surface area (Å²) in [6, 6.07) is 14.9. The maximum atomic E-state index is 12.3. The summed E-state index contributed by atoms with van der Waals surface area (Å²) in [7, 11) is 0. The highest BCUT2D eigenvalue weighted by Crippen LogP contribution is 2.25. The number of carbonyl (C=O) groups excluding carboxylic acids is 1. The smallest absolute Gasteiger partial charge is 0.269 e. The third kappa shape index (κ3) is 6.23. The number of benzene rings is 2. The number of nitrogens with one attached hydrogen (secondary N) is 1. The van der Waals surface area contributed by atoms with Crippen LogP contribution in [-0.4, -0.2) is 29.7 Å². The minimum absolute atomic E-state index is 0.0108. The largest absolute Gasteiger partial charge is 0.371 e. The standard InChI is InChI=1S/C23H29N3O3S/c1-17-4-3-13-25(14-17)21-11-7-20(8-12-21)18(2)24-23(27)16-30-15-19-5-9-22(10-6-19)26(28)29/h5-12,17-18H,3-4,13-16H2,1-2H3,(H,24,27)/t17-,18+/m1/s1. The molecule has 2 aromatic carbocycles. The molecule has 30 heavy (non-hydrogen) atoms. The van der Waals surface area contributed by atoms with Gasteiger partial charge in [0.15, 0.2) is 0 Å². The van der Waals surface area contributed by atoms with Gasteiger partial charge >= 0.3 is 0 Å². The van der Waals surface area contributed by atoms with Gasteiger partial charge in [-0.15, -0.1) is 11.8 Å². The van der Waals surface area contributed by atoms with Gasteiger partial charge in [-0.25, -0.2) is 0 Å². The van der Waals surface area contributed by atoms with Gasteiger partial charge < -0.3 is 10.2 Å². The van der Waals surface area contributed by atoms with E-state index in [-0.39, 0.29) is 17.6 Å². The van der Waals surface area contributed by atoms with Gasteiger partial charge in [0.1, 0.15) is 0 Å². The number of amides is 1. The number of piperidine rings is 1. The van der Waals surface area contributed by atoms with Crippen LogP contribution in [-0.2, 0) is 10.5 Å². The number of nitro groups is 1. The molecule has 0 radical (unpaired) electrons. The number of nitro benzene ring substituents is 1. The van der Waals surface area contributed by atoms with Crippen molar-refractivity contribution in [1.82, 2.24) is 5.32 Å². The van der Waals surface area contributed by atoms with Crippen LogP contribution in [0.3, 0.4) is 0 Å². The lowest BCUT2D eigenvalue weighted by molar-refractivity contribution is -0.384. The first-order chi connectivity index (χ1) is 14.4. The Kier molecular flexibility index (Phi) is 7.74. The topological polar surface area (TPSA) is 75.5 Å². The fourth-order valence-corrected chi connectivity index (χ4v) is 4.54. The predicted octanol–water partition coefficient (Wildman–Crippen LogP) is 4.94. The van der Waals surface area contributed by atoms with Gasteiger partial charge in [0.05, 0.1) is 16.7 Å². The zero-order chi connectivity index (χ0) is 21.5. The number of hydrogen-bond acceptors (Lipinski definition) is 5. The summed E-state index contributed by atoms with van der Waals surface area (Å²) in [5.41, 5.74) is 3.39. The second-order valence-electron chi connectivity index (χ2n) is 7.99. The molecule has 1 saturated heterocycles. The highest BCUT2D eigenvalue weighted by atomic mass is 32.2. The van der Waals surface area contributed by atoms with Gasteiger partial charge in [0, 0.05) is 36.7 Å². The molecule has 0 aliphatic carbocycles. The maximum absolute atomic E-state index is 12.3. The Morgan fingerprint density at radius 2 is 1.93 bits per heavy atom. The second kappa shape index (κ2) is 10.5. The quantitative estimate of drug-likeness (QED) is 0.477. The molecule has 0 bridgehead atoms. The first-order valence-corrected chi connectivity index (χ1v) is 11.5. The van der Waals surface area contributed by atoms with Crippen molar-refractivity contribution in [3.8, 4) is 0 Å². The number of hydrogen-bond donors (Lipinski definition) is 1. The summed E-state index contributed by atoms with van der Waals surface area (Å²) in [6.07, 6.45) is 2.55. The van der Waals surface area contributed by atoms with Crippen LogP contribution in [0.25, 0.3) is 0 Å². The van der Waals surface area contributed by atoms with E-state index in [9.17, 15) is 14.9 Å². The Morgan fingerprint density at radius 3 is 2.57 bits per heavy atom. The zero-order valence-corrected chi connectivity index (χ0v) is 18.4. The number of carbonyl (C=O) groups is 1. The van der Waals surface area contributed by atoms with Gasteiger partial charge in [-0.2, -0.15) is 0 Å². The summed E-state index contributed by atoms with van der Waals surface area (Å²) in [5.74, 6) is 1.72. The molecule has 1 N–H and O–H groups in total. The van der Waals surface area contributed by atoms with Gasteiger partial charge in [-0.1, -0.05) is 31.2 Å². The Hall–Kier alpha value is -2.54. The molecule has 3 rings (SSSR count). The minimum atomic E-state index is -0.411. The van der Waals surface area contributed by atoms with E-state index in [0.29, 0.717) is 11.5 Å². The fraction of sp³-hybridized carbons (Fsp3) is 0.435. The van der Waals surface area contributed by atoms with Crippen molar-refractivity contribution in [2.45, 2.75) is 38.5 Å². The van der Waals surface area contributed by atoms with Crippen LogP contribution in [0.5, 0.6) is 0 Å². The molecule has 6 nitrogen and oxygen atoms in total. The van der Waals surface area contributed by atoms with Crippen LogP contribution in [0.1, 0.15) is 43.9 Å². The van der Waals surface area contributed by atoms with Gasteiger partial charge in [-0.3, -0.25) is 14.9 Å². The molecule has 2 atom stereocenters. The van der Waals surface area contributed by atoms with Crippen LogP contribution in [0.15, 0.2) is 48.5 Å². The molecule has 1 amide bonds. The number of rotatable bonds is 8. The first-order valence-electron chi connectivity index (χ1n) is 10.4. The average Bonchev–Trinajstić information content (AvgIpc) is 2.74. The lowest BCUT2D eigenvalue weighted by atomic mass is 9.99. The van der Waals surface area contributed by atoms with Gasteiger partial charge in [0.2, 0.25) is 5.91 Å². The maximum Gasteiger partial charge on any atom is 0.269 e. The summed E-state index contributed by atoms with van der Waals surface area (Å²) in [5, 5.41) is 13.7. The van der Waals surface area contributed by atoms with Crippen molar-refractivity contribution in [3.05, 3.63) is 69.8 Å². The molecule has 0 aromatic heterocycles. The molecular weight excluding hydrogens is 398 g/mol. The van der Waals surface area contributed by atoms with Crippen molar-refractivity contribution in [3.63, 3.8) is 0 Å². The average molecular weight is 428 g/mol. The number of non-ortho nitro benzene ring substituents is 1. The molecule has 2 aromatic rings. The van der Waals surface area contributed by atoms with Crippen LogP contribution in [0, 0.1) is 16.0 Å².